The maximum absolute atomic E-state index is 13.6. The zero-order valence-electron chi connectivity index (χ0n) is 20.3. The lowest BCUT2D eigenvalue weighted by atomic mass is 9.98. The van der Waals surface area contributed by atoms with Gasteiger partial charge in [-0.3, -0.25) is 19.5 Å². The Morgan fingerprint density at radius 1 is 1.09 bits per heavy atom. The van der Waals surface area contributed by atoms with Crippen LogP contribution in [-0.2, 0) is 0 Å². The van der Waals surface area contributed by atoms with Gasteiger partial charge in [0.05, 0.1) is 27.1 Å². The summed E-state index contributed by atoms with van der Waals surface area (Å²) in [6.45, 7) is 4.30. The van der Waals surface area contributed by atoms with Crippen molar-refractivity contribution in [2.75, 3.05) is 14.1 Å². The summed E-state index contributed by atoms with van der Waals surface area (Å²) in [5, 5.41) is 12.4. The Morgan fingerprint density at radius 2 is 1.80 bits per heavy atom. The minimum Gasteiger partial charge on any atom is -0.383 e. The Hall–Kier alpha value is -4.26. The third-order valence-corrected chi connectivity index (χ3v) is 6.15. The van der Waals surface area contributed by atoms with Gasteiger partial charge < -0.3 is 4.90 Å². The summed E-state index contributed by atoms with van der Waals surface area (Å²) in [5.41, 5.74) is 3.08. The molecule has 4 aromatic rings. The van der Waals surface area contributed by atoms with Crippen LogP contribution in [0.5, 0.6) is 0 Å². The van der Waals surface area contributed by atoms with Crippen LogP contribution in [0.25, 0.3) is 34.1 Å². The van der Waals surface area contributed by atoms with Crippen molar-refractivity contribution in [3.8, 4) is 17.1 Å². The number of para-hydroxylation sites is 1. The number of rotatable bonds is 7. The lowest BCUT2D eigenvalue weighted by Gasteiger charge is -2.16. The van der Waals surface area contributed by atoms with E-state index < -0.39 is 4.92 Å². The van der Waals surface area contributed by atoms with Gasteiger partial charge in [0.2, 0.25) is 0 Å². The van der Waals surface area contributed by atoms with E-state index in [2.05, 4.69) is 13.8 Å². The highest BCUT2D eigenvalue weighted by Gasteiger charge is 2.19. The average Bonchev–Trinajstić information content (AvgIpc) is 2.87. The van der Waals surface area contributed by atoms with E-state index in [-0.39, 0.29) is 11.2 Å². The second-order valence-electron chi connectivity index (χ2n) is 8.80. The van der Waals surface area contributed by atoms with E-state index in [1.165, 1.54) is 16.2 Å². The molecule has 0 fully saturated rings. The summed E-state index contributed by atoms with van der Waals surface area (Å²) < 4.78 is 1.54. The fourth-order valence-corrected chi connectivity index (χ4v) is 3.96. The molecule has 0 spiro atoms. The molecule has 0 amide bonds. The second-order valence-corrected chi connectivity index (χ2v) is 8.80. The first-order valence-corrected chi connectivity index (χ1v) is 11.6. The minimum atomic E-state index is -0.413. The molecule has 3 aromatic carbocycles. The number of fused-ring (bicyclic) bond motifs is 1. The molecule has 0 aliphatic carbocycles. The van der Waals surface area contributed by atoms with Crippen LogP contribution in [0.1, 0.15) is 37.3 Å². The lowest BCUT2D eigenvalue weighted by Crippen LogP contribution is -2.22. The maximum Gasteiger partial charge on any atom is 0.277 e. The van der Waals surface area contributed by atoms with Crippen LogP contribution in [-0.4, -0.2) is 33.5 Å². The van der Waals surface area contributed by atoms with Crippen LogP contribution in [0.15, 0.2) is 77.7 Å². The molecule has 0 aliphatic heterocycles. The fourth-order valence-electron chi connectivity index (χ4n) is 3.96. The molecule has 4 rings (SSSR count). The number of aromatic nitrogens is 2. The topological polar surface area (TPSA) is 81.3 Å². The summed E-state index contributed by atoms with van der Waals surface area (Å²) in [5.74, 6) is 0.761. The van der Waals surface area contributed by atoms with Crippen LogP contribution in [0, 0.1) is 10.1 Å². The van der Waals surface area contributed by atoms with Gasteiger partial charge in [-0.1, -0.05) is 44.2 Å². The summed E-state index contributed by atoms with van der Waals surface area (Å²) in [6.07, 6.45) is 4.46. The van der Waals surface area contributed by atoms with E-state index in [1.54, 1.807) is 42.6 Å². The molecule has 0 bridgehead atoms. The normalized spacial score (nSPS) is 12.2. The molecule has 0 N–H and O–H groups in total. The number of nitro groups is 1. The Balaban J connectivity index is 1.96. The quantitative estimate of drug-likeness (QED) is 0.245. The Morgan fingerprint density at radius 3 is 2.46 bits per heavy atom. The van der Waals surface area contributed by atoms with Crippen LogP contribution < -0.4 is 5.56 Å². The molecule has 35 heavy (non-hydrogen) atoms. The van der Waals surface area contributed by atoms with Crippen molar-refractivity contribution in [1.82, 2.24) is 14.5 Å². The molecule has 1 unspecified atom stereocenters. The van der Waals surface area contributed by atoms with Crippen molar-refractivity contribution in [2.24, 2.45) is 0 Å². The fraction of sp³-hybridized carbons (Fsp3) is 0.214. The van der Waals surface area contributed by atoms with Gasteiger partial charge in [0.15, 0.2) is 0 Å². The van der Waals surface area contributed by atoms with Crippen molar-refractivity contribution < 1.29 is 4.92 Å². The molecular formula is C28H28N4O3. The summed E-state index contributed by atoms with van der Waals surface area (Å²) in [4.78, 5) is 31.7. The number of hydrogen-bond acceptors (Lipinski definition) is 5. The number of hydrogen-bond donors (Lipinski definition) is 0. The molecular weight excluding hydrogens is 440 g/mol. The van der Waals surface area contributed by atoms with Crippen molar-refractivity contribution in [3.05, 3.63) is 105 Å². The zero-order valence-corrected chi connectivity index (χ0v) is 20.3. The van der Waals surface area contributed by atoms with E-state index in [1.807, 2.05) is 49.3 Å². The van der Waals surface area contributed by atoms with Crippen LogP contribution in [0.4, 0.5) is 5.69 Å². The minimum absolute atomic E-state index is 0.0540. The van der Waals surface area contributed by atoms with E-state index in [4.69, 9.17) is 4.98 Å². The van der Waals surface area contributed by atoms with Gasteiger partial charge in [-0.05, 0) is 60.5 Å². The van der Waals surface area contributed by atoms with E-state index in [0.717, 1.165) is 6.42 Å². The monoisotopic (exact) mass is 468 g/mol. The molecule has 7 nitrogen and oxygen atoms in total. The molecule has 1 aromatic heterocycles. The Labute approximate surface area is 204 Å². The van der Waals surface area contributed by atoms with Crippen molar-refractivity contribution in [2.45, 2.75) is 26.2 Å². The van der Waals surface area contributed by atoms with Gasteiger partial charge in [-0.2, -0.15) is 0 Å². The van der Waals surface area contributed by atoms with Gasteiger partial charge in [0, 0.05) is 25.7 Å². The first kappa shape index (κ1) is 23.9. The standard InChI is InChI=1S/C28H28N4O3/c1-5-19(2)20-12-14-23(15-13-20)31-27(29-25-9-7-6-8-24(25)28(31)33)22-11-10-21(16-17-30(3)4)26(18-22)32(34)35/h6-19H,5H2,1-4H3/b17-16+. The molecule has 1 heterocycles. The van der Waals surface area contributed by atoms with Crippen LogP contribution in [0.2, 0.25) is 0 Å². The predicted molar refractivity (Wildman–Crippen MR) is 141 cm³/mol. The molecule has 0 saturated heterocycles. The molecule has 178 valence electrons. The zero-order chi connectivity index (χ0) is 25.1. The molecule has 7 heteroatoms. The van der Waals surface area contributed by atoms with Gasteiger partial charge in [-0.15, -0.1) is 0 Å². The summed E-state index contributed by atoms with van der Waals surface area (Å²) >= 11 is 0. The first-order chi connectivity index (χ1) is 16.8. The highest BCUT2D eigenvalue weighted by molar-refractivity contribution is 5.81. The van der Waals surface area contributed by atoms with E-state index in [0.29, 0.717) is 39.5 Å². The molecule has 0 aliphatic rings. The summed E-state index contributed by atoms with van der Waals surface area (Å²) in [7, 11) is 3.70. The molecule has 0 radical (unpaired) electrons. The first-order valence-electron chi connectivity index (χ1n) is 11.6. The largest absolute Gasteiger partial charge is 0.383 e. The second kappa shape index (κ2) is 9.93. The third-order valence-electron chi connectivity index (χ3n) is 6.15. The van der Waals surface area contributed by atoms with E-state index >= 15 is 0 Å². The highest BCUT2D eigenvalue weighted by atomic mass is 16.6. The number of benzene rings is 3. The van der Waals surface area contributed by atoms with Gasteiger partial charge >= 0.3 is 0 Å². The number of nitro benzene ring substituents is 1. The average molecular weight is 469 g/mol. The smallest absolute Gasteiger partial charge is 0.277 e. The van der Waals surface area contributed by atoms with Crippen LogP contribution in [0.3, 0.4) is 0 Å². The Kier molecular flexibility index (Phi) is 6.78. The van der Waals surface area contributed by atoms with Crippen molar-refractivity contribution in [3.63, 3.8) is 0 Å². The third kappa shape index (κ3) is 4.84. The SMILES string of the molecule is CCC(C)c1ccc(-n2c(-c3ccc(/C=C/N(C)C)c([N+](=O)[O-])c3)nc3ccccc3c2=O)cc1. The van der Waals surface area contributed by atoms with Gasteiger partial charge in [0.1, 0.15) is 5.82 Å². The molecule has 1 atom stereocenters. The van der Waals surface area contributed by atoms with Crippen molar-refractivity contribution >= 4 is 22.7 Å². The van der Waals surface area contributed by atoms with E-state index in [9.17, 15) is 14.9 Å². The molecule has 0 saturated carbocycles. The maximum atomic E-state index is 13.6. The number of nitrogens with zero attached hydrogens (tertiary/aromatic N) is 4. The van der Waals surface area contributed by atoms with Crippen LogP contribution >= 0.6 is 0 Å². The highest BCUT2D eigenvalue weighted by Crippen LogP contribution is 2.29. The van der Waals surface area contributed by atoms with Crippen molar-refractivity contribution in [1.29, 1.82) is 0 Å². The predicted octanol–water partition coefficient (Wildman–Crippen LogP) is 6.01. The van der Waals surface area contributed by atoms with Gasteiger partial charge in [0.25, 0.3) is 11.2 Å². The Bertz CT molecular complexity index is 1470. The lowest BCUT2D eigenvalue weighted by molar-refractivity contribution is -0.385. The van der Waals surface area contributed by atoms with Gasteiger partial charge in [-0.25, -0.2) is 4.98 Å². The summed E-state index contributed by atoms with van der Waals surface area (Å²) in [6, 6.07) is 19.9.